The van der Waals surface area contributed by atoms with Crippen LogP contribution in [0.1, 0.15) is 26.7 Å². The van der Waals surface area contributed by atoms with Crippen molar-refractivity contribution >= 4 is 0 Å². The van der Waals surface area contributed by atoms with Gasteiger partial charge in [0.2, 0.25) is 0 Å². The lowest BCUT2D eigenvalue weighted by molar-refractivity contribution is -0.0118. The maximum Gasteiger partial charge on any atom is 0.0196 e. The molecule has 1 aliphatic heterocycles. The van der Waals surface area contributed by atoms with Gasteiger partial charge in [-0.3, -0.25) is 4.90 Å². The lowest BCUT2D eigenvalue weighted by atomic mass is 9.49. The van der Waals surface area contributed by atoms with Gasteiger partial charge in [-0.1, -0.05) is 25.5 Å². The molecule has 0 spiro atoms. The van der Waals surface area contributed by atoms with Crippen LogP contribution in [0, 0.1) is 17.3 Å². The largest absolute Gasteiger partial charge is 0.304 e. The Labute approximate surface area is 106 Å². The normalized spacial score (nSPS) is 37.5. The van der Waals surface area contributed by atoms with Gasteiger partial charge in [-0.2, -0.15) is 0 Å². The topological polar surface area (TPSA) is 6.48 Å². The van der Waals surface area contributed by atoms with E-state index in [1.54, 1.807) is 5.57 Å². The maximum atomic E-state index is 2.65. The molecule has 2 atom stereocenters. The molecule has 4 rings (SSSR count). The highest BCUT2D eigenvalue weighted by Crippen LogP contribution is 2.59. The van der Waals surface area contributed by atoms with E-state index in [1.165, 1.54) is 45.6 Å². The van der Waals surface area contributed by atoms with Crippen LogP contribution in [-0.2, 0) is 0 Å². The summed E-state index contributed by atoms with van der Waals surface area (Å²) in [5, 5.41) is 0. The Hall–Kier alpha value is -0.340. The summed E-state index contributed by atoms with van der Waals surface area (Å²) in [6, 6.07) is 0. The fourth-order valence-corrected chi connectivity index (χ4v) is 3.92. The van der Waals surface area contributed by atoms with Crippen LogP contribution in [0.3, 0.4) is 0 Å². The van der Waals surface area contributed by atoms with Gasteiger partial charge in [-0.05, 0) is 37.1 Å². The molecule has 4 aliphatic rings. The summed E-state index contributed by atoms with van der Waals surface area (Å²) >= 11 is 0. The number of allylic oxidation sites excluding steroid dienone is 1. The first kappa shape index (κ1) is 11.7. The highest BCUT2D eigenvalue weighted by atomic mass is 15.2. The SMILES string of the molecule is CN1CCN(CC2=CC[C@H]3C[C@H]2C3(C)C)CC1. The number of piperazine rings is 1. The van der Waals surface area contributed by atoms with Crippen LogP contribution in [0.25, 0.3) is 0 Å². The van der Waals surface area contributed by atoms with E-state index in [9.17, 15) is 0 Å². The van der Waals surface area contributed by atoms with Crippen molar-refractivity contribution in [2.45, 2.75) is 26.7 Å². The third-order valence-electron chi connectivity index (χ3n) is 5.58. The molecule has 2 heteroatoms. The summed E-state index contributed by atoms with van der Waals surface area (Å²) in [5.41, 5.74) is 2.35. The Bertz CT molecular complexity index is 324. The number of rotatable bonds is 2. The first-order valence-electron chi connectivity index (χ1n) is 7.17. The van der Waals surface area contributed by atoms with E-state index in [-0.39, 0.29) is 0 Å². The van der Waals surface area contributed by atoms with E-state index in [4.69, 9.17) is 0 Å². The summed E-state index contributed by atoms with van der Waals surface area (Å²) in [6.07, 6.45) is 5.36. The fourth-order valence-electron chi connectivity index (χ4n) is 3.92. The van der Waals surface area contributed by atoms with Crippen molar-refractivity contribution in [2.75, 3.05) is 39.8 Å². The minimum Gasteiger partial charge on any atom is -0.304 e. The van der Waals surface area contributed by atoms with Crippen LogP contribution in [0.4, 0.5) is 0 Å². The van der Waals surface area contributed by atoms with Crippen molar-refractivity contribution in [1.29, 1.82) is 0 Å². The predicted molar refractivity (Wildman–Crippen MR) is 72.0 cm³/mol. The van der Waals surface area contributed by atoms with Gasteiger partial charge in [-0.15, -0.1) is 0 Å². The standard InChI is InChI=1S/C15H26N2/c1-15(2)13-5-4-12(14(15)10-13)11-17-8-6-16(3)7-9-17/h4,13-14H,5-11H2,1-3H3/t13-,14+/m0/s1. The number of hydrogen-bond donors (Lipinski definition) is 0. The van der Waals surface area contributed by atoms with E-state index >= 15 is 0 Å². The van der Waals surface area contributed by atoms with E-state index in [1.807, 2.05) is 0 Å². The predicted octanol–water partition coefficient (Wildman–Crippen LogP) is 2.23. The summed E-state index contributed by atoms with van der Waals surface area (Å²) in [4.78, 5) is 5.09. The highest BCUT2D eigenvalue weighted by molar-refractivity contribution is 5.24. The molecule has 0 N–H and O–H groups in total. The Morgan fingerprint density at radius 1 is 1.24 bits per heavy atom. The Morgan fingerprint density at radius 3 is 2.53 bits per heavy atom. The van der Waals surface area contributed by atoms with Gasteiger partial charge >= 0.3 is 0 Å². The third-order valence-corrected chi connectivity index (χ3v) is 5.58. The highest BCUT2D eigenvalue weighted by Gasteiger charge is 2.51. The Balaban J connectivity index is 1.61. The van der Waals surface area contributed by atoms with Crippen molar-refractivity contribution < 1.29 is 0 Å². The molecule has 96 valence electrons. The van der Waals surface area contributed by atoms with Gasteiger partial charge in [0.25, 0.3) is 0 Å². The molecule has 2 bridgehead atoms. The van der Waals surface area contributed by atoms with Crippen molar-refractivity contribution in [3.63, 3.8) is 0 Å². The average Bonchev–Trinajstić information content (AvgIpc) is 2.32. The summed E-state index contributed by atoms with van der Waals surface area (Å²) < 4.78 is 0. The summed E-state index contributed by atoms with van der Waals surface area (Å²) in [7, 11) is 2.23. The fraction of sp³-hybridized carbons (Fsp3) is 0.867. The molecule has 0 aromatic carbocycles. The van der Waals surface area contributed by atoms with Crippen LogP contribution in [0.2, 0.25) is 0 Å². The smallest absolute Gasteiger partial charge is 0.0196 e. The molecule has 0 unspecified atom stereocenters. The first-order chi connectivity index (χ1) is 8.07. The quantitative estimate of drug-likeness (QED) is 0.676. The molecule has 0 aromatic rings. The van der Waals surface area contributed by atoms with Crippen molar-refractivity contribution in [3.8, 4) is 0 Å². The molecule has 0 amide bonds. The molecule has 17 heavy (non-hydrogen) atoms. The monoisotopic (exact) mass is 234 g/mol. The first-order valence-corrected chi connectivity index (χ1v) is 7.17. The molecule has 0 radical (unpaired) electrons. The number of hydrogen-bond acceptors (Lipinski definition) is 2. The van der Waals surface area contributed by atoms with Crippen LogP contribution in [0.5, 0.6) is 0 Å². The van der Waals surface area contributed by atoms with Crippen molar-refractivity contribution in [2.24, 2.45) is 17.3 Å². The molecule has 1 saturated heterocycles. The average molecular weight is 234 g/mol. The Kier molecular flexibility index (Phi) is 2.83. The second-order valence-corrected chi connectivity index (χ2v) is 6.90. The molecular weight excluding hydrogens is 208 g/mol. The molecule has 2 nitrogen and oxygen atoms in total. The molecular formula is C15H26N2. The van der Waals surface area contributed by atoms with Crippen LogP contribution >= 0.6 is 0 Å². The molecule has 0 aromatic heterocycles. The van der Waals surface area contributed by atoms with E-state index < -0.39 is 0 Å². The van der Waals surface area contributed by atoms with Crippen LogP contribution in [0.15, 0.2) is 11.6 Å². The number of nitrogens with zero attached hydrogens (tertiary/aromatic N) is 2. The van der Waals surface area contributed by atoms with Crippen LogP contribution < -0.4 is 0 Å². The van der Waals surface area contributed by atoms with Gasteiger partial charge in [0.15, 0.2) is 0 Å². The molecule has 1 saturated carbocycles. The van der Waals surface area contributed by atoms with Crippen molar-refractivity contribution in [1.82, 2.24) is 9.80 Å². The second kappa shape index (κ2) is 4.10. The number of likely N-dealkylation sites (N-methyl/N-ethyl adjacent to an activating group) is 1. The van der Waals surface area contributed by atoms with Gasteiger partial charge in [0.1, 0.15) is 0 Å². The van der Waals surface area contributed by atoms with E-state index in [0.717, 1.165) is 11.8 Å². The van der Waals surface area contributed by atoms with Gasteiger partial charge in [0, 0.05) is 32.7 Å². The van der Waals surface area contributed by atoms with Crippen LogP contribution in [-0.4, -0.2) is 49.6 Å². The zero-order valence-corrected chi connectivity index (χ0v) is 11.6. The maximum absolute atomic E-state index is 2.65. The third kappa shape index (κ3) is 1.96. The van der Waals surface area contributed by atoms with E-state index in [0.29, 0.717) is 5.41 Å². The van der Waals surface area contributed by atoms with E-state index in [2.05, 4.69) is 36.8 Å². The summed E-state index contributed by atoms with van der Waals surface area (Å²) in [6.45, 7) is 11.2. The van der Waals surface area contributed by atoms with Gasteiger partial charge in [0.05, 0.1) is 0 Å². The van der Waals surface area contributed by atoms with Crippen molar-refractivity contribution in [3.05, 3.63) is 11.6 Å². The molecule has 1 heterocycles. The van der Waals surface area contributed by atoms with Gasteiger partial charge in [-0.25, -0.2) is 0 Å². The lowest BCUT2D eigenvalue weighted by Crippen LogP contribution is -2.51. The minimum atomic E-state index is 0.594. The minimum absolute atomic E-state index is 0.594. The Morgan fingerprint density at radius 2 is 1.94 bits per heavy atom. The lowest BCUT2D eigenvalue weighted by Gasteiger charge is -2.57. The van der Waals surface area contributed by atoms with Gasteiger partial charge < -0.3 is 4.90 Å². The summed E-state index contributed by atoms with van der Waals surface area (Å²) in [5.74, 6) is 1.87. The molecule has 3 aliphatic carbocycles. The number of fused-ring (bicyclic) bond motifs is 1. The second-order valence-electron chi connectivity index (χ2n) is 6.90. The molecule has 2 fully saturated rings. The zero-order chi connectivity index (χ0) is 12.0. The zero-order valence-electron chi connectivity index (χ0n) is 11.6.